The van der Waals surface area contributed by atoms with Crippen LogP contribution in [0.1, 0.15) is 0 Å². The number of anilines is 1. The number of rotatable bonds is 5. The largest absolute Gasteiger partial charge is 0.411 e. The van der Waals surface area contributed by atoms with Crippen molar-refractivity contribution < 1.29 is 18.4 Å². The SMILES string of the molecule is O=C(CSc1nnc(-c2ccccc2Br)o1)NC(=O)Nc1ccccc1F. The molecule has 0 aliphatic carbocycles. The number of para-hydroxylation sites is 1. The molecule has 1 aromatic heterocycles. The first-order valence-electron chi connectivity index (χ1n) is 7.59. The van der Waals surface area contributed by atoms with Crippen LogP contribution in [0.5, 0.6) is 0 Å². The summed E-state index contributed by atoms with van der Waals surface area (Å²) >= 11 is 4.37. The van der Waals surface area contributed by atoms with Crippen molar-refractivity contribution in [2.45, 2.75) is 5.22 Å². The average Bonchev–Trinajstić information content (AvgIpc) is 3.11. The van der Waals surface area contributed by atoms with E-state index in [0.717, 1.165) is 21.8 Å². The van der Waals surface area contributed by atoms with E-state index in [1.807, 2.05) is 24.3 Å². The number of amides is 3. The number of urea groups is 1. The summed E-state index contributed by atoms with van der Waals surface area (Å²) < 4.78 is 19.8. The average molecular weight is 451 g/mol. The number of carbonyl (C=O) groups is 2. The number of carbonyl (C=O) groups excluding carboxylic acids is 2. The molecule has 3 amide bonds. The molecule has 0 fully saturated rings. The molecule has 2 aromatic carbocycles. The topological polar surface area (TPSA) is 97.1 Å². The summed E-state index contributed by atoms with van der Waals surface area (Å²) in [5, 5.41) is 12.3. The van der Waals surface area contributed by atoms with Crippen molar-refractivity contribution in [2.24, 2.45) is 0 Å². The fourth-order valence-electron chi connectivity index (χ4n) is 2.02. The number of aromatic nitrogens is 2. The van der Waals surface area contributed by atoms with Gasteiger partial charge in [0.25, 0.3) is 5.22 Å². The molecule has 0 atom stereocenters. The predicted molar refractivity (Wildman–Crippen MR) is 102 cm³/mol. The minimum atomic E-state index is -0.829. The first kappa shape index (κ1) is 19.1. The van der Waals surface area contributed by atoms with E-state index in [2.05, 4.69) is 36.8 Å². The molecule has 0 unspecified atom stereocenters. The number of nitrogens with zero attached hydrogens (tertiary/aromatic N) is 2. The van der Waals surface area contributed by atoms with E-state index in [0.29, 0.717) is 5.89 Å². The van der Waals surface area contributed by atoms with Crippen LogP contribution in [-0.4, -0.2) is 27.9 Å². The molecule has 3 rings (SSSR count). The van der Waals surface area contributed by atoms with E-state index >= 15 is 0 Å². The lowest BCUT2D eigenvalue weighted by Gasteiger charge is -2.06. The maximum atomic E-state index is 13.5. The zero-order chi connectivity index (χ0) is 19.2. The minimum Gasteiger partial charge on any atom is -0.411 e. The first-order chi connectivity index (χ1) is 13.0. The van der Waals surface area contributed by atoms with Crippen molar-refractivity contribution >= 4 is 45.3 Å². The van der Waals surface area contributed by atoms with E-state index in [1.54, 1.807) is 6.07 Å². The van der Waals surface area contributed by atoms with E-state index in [-0.39, 0.29) is 16.7 Å². The molecular formula is C17H12BrFN4O3S. The molecule has 0 bridgehead atoms. The normalized spacial score (nSPS) is 10.4. The third-order valence-electron chi connectivity index (χ3n) is 3.21. The van der Waals surface area contributed by atoms with Gasteiger partial charge >= 0.3 is 6.03 Å². The lowest BCUT2D eigenvalue weighted by molar-refractivity contribution is -0.117. The lowest BCUT2D eigenvalue weighted by atomic mass is 10.2. The maximum absolute atomic E-state index is 13.5. The van der Waals surface area contributed by atoms with Gasteiger partial charge in [0.2, 0.25) is 11.8 Å². The van der Waals surface area contributed by atoms with Gasteiger partial charge in [-0.15, -0.1) is 10.2 Å². The van der Waals surface area contributed by atoms with Crippen molar-refractivity contribution in [1.82, 2.24) is 15.5 Å². The van der Waals surface area contributed by atoms with Gasteiger partial charge in [0.15, 0.2) is 0 Å². The highest BCUT2D eigenvalue weighted by Crippen LogP contribution is 2.28. The summed E-state index contributed by atoms with van der Waals surface area (Å²) in [5.74, 6) is -1.00. The molecule has 0 aliphatic heterocycles. The first-order valence-corrected chi connectivity index (χ1v) is 9.37. The van der Waals surface area contributed by atoms with Gasteiger partial charge < -0.3 is 9.73 Å². The van der Waals surface area contributed by atoms with Crippen LogP contribution < -0.4 is 10.6 Å². The van der Waals surface area contributed by atoms with Crippen LogP contribution in [0.3, 0.4) is 0 Å². The number of imide groups is 1. The molecule has 3 aromatic rings. The number of hydrogen-bond donors (Lipinski definition) is 2. The second-order valence-electron chi connectivity index (χ2n) is 5.12. The molecule has 138 valence electrons. The molecule has 0 saturated heterocycles. The molecule has 0 saturated carbocycles. The van der Waals surface area contributed by atoms with Crippen LogP contribution in [0.25, 0.3) is 11.5 Å². The van der Waals surface area contributed by atoms with Crippen LogP contribution in [0.15, 0.2) is 62.6 Å². The maximum Gasteiger partial charge on any atom is 0.325 e. The van der Waals surface area contributed by atoms with Crippen molar-refractivity contribution in [3.05, 3.63) is 58.8 Å². The summed E-state index contributed by atoms with van der Waals surface area (Å²) in [5.41, 5.74) is 0.705. The van der Waals surface area contributed by atoms with Gasteiger partial charge in [0.05, 0.1) is 17.0 Å². The van der Waals surface area contributed by atoms with Gasteiger partial charge in [-0.2, -0.15) is 0 Å². The van der Waals surface area contributed by atoms with Crippen LogP contribution in [0, 0.1) is 5.82 Å². The summed E-state index contributed by atoms with van der Waals surface area (Å²) in [4.78, 5) is 23.6. The van der Waals surface area contributed by atoms with Gasteiger partial charge in [-0.05, 0) is 40.2 Å². The zero-order valence-corrected chi connectivity index (χ0v) is 16.0. The third kappa shape index (κ3) is 5.14. The highest BCUT2D eigenvalue weighted by molar-refractivity contribution is 9.10. The van der Waals surface area contributed by atoms with Crippen LogP contribution in [0.4, 0.5) is 14.9 Å². The number of thioether (sulfide) groups is 1. The second kappa shape index (κ2) is 8.78. The minimum absolute atomic E-state index is 0.0227. The highest BCUT2D eigenvalue weighted by atomic mass is 79.9. The predicted octanol–water partition coefficient (Wildman–Crippen LogP) is 4.08. The fourth-order valence-corrected chi connectivity index (χ4v) is 3.04. The van der Waals surface area contributed by atoms with Crippen molar-refractivity contribution in [2.75, 3.05) is 11.1 Å². The Bertz CT molecular complexity index is 982. The van der Waals surface area contributed by atoms with Gasteiger partial charge in [-0.3, -0.25) is 10.1 Å². The second-order valence-corrected chi connectivity index (χ2v) is 6.90. The van der Waals surface area contributed by atoms with E-state index in [9.17, 15) is 14.0 Å². The summed E-state index contributed by atoms with van der Waals surface area (Å²) in [6.45, 7) is 0. The van der Waals surface area contributed by atoms with Crippen LogP contribution in [-0.2, 0) is 4.79 Å². The standard InChI is InChI=1S/C17H12BrFN4O3S/c18-11-6-2-1-5-10(11)15-22-23-17(26-15)27-9-14(24)21-16(25)20-13-8-4-3-7-12(13)19/h1-8H,9H2,(H2,20,21,24,25). The Balaban J connectivity index is 1.52. The smallest absolute Gasteiger partial charge is 0.325 e. The summed E-state index contributed by atoms with van der Waals surface area (Å²) in [6.07, 6.45) is 0. The molecule has 27 heavy (non-hydrogen) atoms. The number of nitrogens with one attached hydrogen (secondary N) is 2. The molecule has 0 spiro atoms. The summed E-state index contributed by atoms with van der Waals surface area (Å²) in [7, 11) is 0. The van der Waals surface area contributed by atoms with E-state index < -0.39 is 17.8 Å². The Kier molecular flexibility index (Phi) is 6.20. The molecule has 2 N–H and O–H groups in total. The molecule has 1 heterocycles. The molecular weight excluding hydrogens is 439 g/mol. The quantitative estimate of drug-likeness (QED) is 0.568. The monoisotopic (exact) mass is 450 g/mol. The van der Waals surface area contributed by atoms with Crippen molar-refractivity contribution in [1.29, 1.82) is 0 Å². The Morgan fingerprint density at radius 2 is 1.85 bits per heavy atom. The molecule has 0 aliphatic rings. The van der Waals surface area contributed by atoms with Crippen molar-refractivity contribution in [3.8, 4) is 11.5 Å². The number of benzene rings is 2. The zero-order valence-electron chi connectivity index (χ0n) is 13.6. The Morgan fingerprint density at radius 3 is 2.63 bits per heavy atom. The van der Waals surface area contributed by atoms with Crippen molar-refractivity contribution in [3.63, 3.8) is 0 Å². The fraction of sp³-hybridized carbons (Fsp3) is 0.0588. The number of hydrogen-bond acceptors (Lipinski definition) is 6. The number of halogens is 2. The molecule has 10 heteroatoms. The Hall–Kier alpha value is -2.72. The van der Waals surface area contributed by atoms with E-state index in [1.165, 1.54) is 18.2 Å². The summed E-state index contributed by atoms with van der Waals surface area (Å²) in [6, 6.07) is 12.2. The molecule has 0 radical (unpaired) electrons. The van der Waals surface area contributed by atoms with Gasteiger partial charge in [-0.1, -0.05) is 36.0 Å². The van der Waals surface area contributed by atoms with E-state index in [4.69, 9.17) is 4.42 Å². The third-order valence-corrected chi connectivity index (χ3v) is 4.72. The van der Waals surface area contributed by atoms with Crippen LogP contribution in [0.2, 0.25) is 0 Å². The Labute approximate surface area is 165 Å². The van der Waals surface area contributed by atoms with Gasteiger partial charge in [-0.25, -0.2) is 9.18 Å². The molecule has 7 nitrogen and oxygen atoms in total. The Morgan fingerprint density at radius 1 is 1.11 bits per heavy atom. The lowest BCUT2D eigenvalue weighted by Crippen LogP contribution is -2.35. The highest BCUT2D eigenvalue weighted by Gasteiger charge is 2.15. The van der Waals surface area contributed by atoms with Crippen LogP contribution >= 0.6 is 27.7 Å². The van der Waals surface area contributed by atoms with Gasteiger partial charge in [0.1, 0.15) is 5.82 Å². The van der Waals surface area contributed by atoms with Gasteiger partial charge in [0, 0.05) is 4.47 Å².